The van der Waals surface area contributed by atoms with E-state index >= 15 is 0 Å². The molecule has 1 fully saturated rings. The third-order valence-electron chi connectivity index (χ3n) is 4.04. The van der Waals surface area contributed by atoms with Gasteiger partial charge < -0.3 is 14.6 Å². The molecular weight excluding hydrogens is 252 g/mol. The van der Waals surface area contributed by atoms with Crippen molar-refractivity contribution in [2.45, 2.75) is 32.0 Å². The molecule has 110 valence electrons. The smallest absolute Gasteiger partial charge is 0.0788 e. The highest BCUT2D eigenvalue weighted by atomic mass is 16.5. The average molecular weight is 276 g/mol. The lowest BCUT2D eigenvalue weighted by molar-refractivity contribution is 0.0200. The fraction of sp³-hybridized carbons (Fsp3) is 0.529. The third-order valence-corrected chi connectivity index (χ3v) is 4.04. The van der Waals surface area contributed by atoms with Gasteiger partial charge in [0.15, 0.2) is 0 Å². The molecule has 0 radical (unpaired) electrons. The molecule has 1 aliphatic carbocycles. The van der Waals surface area contributed by atoms with Crippen molar-refractivity contribution in [3.8, 4) is 0 Å². The van der Waals surface area contributed by atoms with Crippen molar-refractivity contribution >= 4 is 0 Å². The molecule has 1 aromatic carbocycles. The van der Waals surface area contributed by atoms with Gasteiger partial charge in [-0.1, -0.05) is 30.3 Å². The minimum absolute atomic E-state index is 0.221. The molecule has 3 heteroatoms. The predicted molar refractivity (Wildman–Crippen MR) is 79.1 cm³/mol. The van der Waals surface area contributed by atoms with Crippen molar-refractivity contribution in [2.24, 2.45) is 11.8 Å². The molecule has 1 saturated carbocycles. The van der Waals surface area contributed by atoms with Crippen LogP contribution >= 0.6 is 0 Å². The average Bonchev–Trinajstić information content (AvgIpc) is 2.86. The van der Waals surface area contributed by atoms with Crippen molar-refractivity contribution in [3.63, 3.8) is 0 Å². The molecule has 20 heavy (non-hydrogen) atoms. The Morgan fingerprint density at radius 2 is 2.05 bits per heavy atom. The zero-order chi connectivity index (χ0) is 14.2. The normalized spacial score (nSPS) is 26.2. The Labute approximate surface area is 121 Å². The number of benzene rings is 1. The van der Waals surface area contributed by atoms with Crippen LogP contribution in [-0.2, 0) is 16.1 Å². The Balaban J connectivity index is 1.93. The summed E-state index contributed by atoms with van der Waals surface area (Å²) in [5.41, 5.74) is 1.20. The summed E-state index contributed by atoms with van der Waals surface area (Å²) in [4.78, 5) is 0. The summed E-state index contributed by atoms with van der Waals surface area (Å²) in [6.07, 6.45) is 7.04. The lowest BCUT2D eigenvalue weighted by Gasteiger charge is -2.21. The quantitative estimate of drug-likeness (QED) is 0.778. The van der Waals surface area contributed by atoms with E-state index in [0.29, 0.717) is 18.4 Å². The van der Waals surface area contributed by atoms with Crippen LogP contribution in [0.4, 0.5) is 0 Å². The van der Waals surface area contributed by atoms with Crippen molar-refractivity contribution in [2.75, 3.05) is 13.7 Å². The molecule has 1 N–H and O–H groups in total. The fourth-order valence-electron chi connectivity index (χ4n) is 2.99. The van der Waals surface area contributed by atoms with Crippen molar-refractivity contribution in [1.82, 2.24) is 0 Å². The van der Waals surface area contributed by atoms with Gasteiger partial charge in [0.2, 0.25) is 0 Å². The van der Waals surface area contributed by atoms with Gasteiger partial charge in [0.05, 0.1) is 26.1 Å². The monoisotopic (exact) mass is 276 g/mol. The lowest BCUT2D eigenvalue weighted by atomic mass is 9.92. The molecule has 0 bridgehead atoms. The first-order chi connectivity index (χ1) is 9.85. The standard InChI is InChI=1S/C17H24O3/c1-19-12-10-16-15(9-11-18)7-8-17(16)20-13-14-5-3-2-4-6-14/h2-6,10,12,15-18H,7-9,11,13H2,1H3/b12-10-/t15-,16+,17-/m1/s1. The van der Waals surface area contributed by atoms with Crippen molar-refractivity contribution < 1.29 is 14.6 Å². The third kappa shape index (κ3) is 4.09. The summed E-state index contributed by atoms with van der Waals surface area (Å²) in [5.74, 6) is 0.831. The van der Waals surface area contributed by atoms with E-state index in [-0.39, 0.29) is 12.7 Å². The molecule has 1 aliphatic rings. The van der Waals surface area contributed by atoms with Gasteiger partial charge in [0.25, 0.3) is 0 Å². The van der Waals surface area contributed by atoms with Gasteiger partial charge >= 0.3 is 0 Å². The van der Waals surface area contributed by atoms with Crippen LogP contribution < -0.4 is 0 Å². The van der Waals surface area contributed by atoms with Crippen LogP contribution in [0.1, 0.15) is 24.8 Å². The van der Waals surface area contributed by atoms with E-state index in [4.69, 9.17) is 14.6 Å². The maximum atomic E-state index is 9.17. The second-order valence-corrected chi connectivity index (χ2v) is 5.33. The summed E-state index contributed by atoms with van der Waals surface area (Å²) in [6, 6.07) is 10.2. The van der Waals surface area contributed by atoms with Gasteiger partial charge in [-0.2, -0.15) is 0 Å². The van der Waals surface area contributed by atoms with E-state index < -0.39 is 0 Å². The molecule has 0 heterocycles. The van der Waals surface area contributed by atoms with E-state index in [1.54, 1.807) is 13.4 Å². The maximum Gasteiger partial charge on any atom is 0.0788 e. The number of ether oxygens (including phenoxy) is 2. The molecule has 0 aliphatic heterocycles. The first-order valence-corrected chi connectivity index (χ1v) is 7.31. The summed E-state index contributed by atoms with van der Waals surface area (Å²) < 4.78 is 11.1. The molecule has 0 aromatic heterocycles. The topological polar surface area (TPSA) is 38.7 Å². The molecule has 3 atom stereocenters. The van der Waals surface area contributed by atoms with E-state index in [1.165, 1.54) is 5.56 Å². The Morgan fingerprint density at radius 3 is 2.75 bits per heavy atom. The molecule has 1 aromatic rings. The van der Waals surface area contributed by atoms with Crippen molar-refractivity contribution in [1.29, 1.82) is 0 Å². The zero-order valence-electron chi connectivity index (χ0n) is 12.1. The van der Waals surface area contributed by atoms with Crippen molar-refractivity contribution in [3.05, 3.63) is 48.2 Å². The number of rotatable bonds is 7. The second-order valence-electron chi connectivity index (χ2n) is 5.33. The van der Waals surface area contributed by atoms with Crippen LogP contribution in [0, 0.1) is 11.8 Å². The van der Waals surface area contributed by atoms with Crippen LogP contribution in [0.25, 0.3) is 0 Å². The first-order valence-electron chi connectivity index (χ1n) is 7.31. The Hall–Kier alpha value is -1.32. The van der Waals surface area contributed by atoms with Gasteiger partial charge in [-0.25, -0.2) is 0 Å². The minimum Gasteiger partial charge on any atom is -0.505 e. The van der Waals surface area contributed by atoms with E-state index in [1.807, 2.05) is 18.2 Å². The largest absolute Gasteiger partial charge is 0.505 e. The molecule has 2 rings (SSSR count). The SMILES string of the molecule is CO/C=C\[C@H]1[C@@H](CCO)CC[C@H]1OCc1ccccc1. The van der Waals surface area contributed by atoms with Crippen LogP contribution in [0.15, 0.2) is 42.7 Å². The Bertz CT molecular complexity index is 402. The molecule has 0 amide bonds. The lowest BCUT2D eigenvalue weighted by Crippen LogP contribution is -2.21. The summed E-state index contributed by atoms with van der Waals surface area (Å²) in [5, 5.41) is 9.17. The van der Waals surface area contributed by atoms with Gasteiger partial charge in [-0.15, -0.1) is 0 Å². The summed E-state index contributed by atoms with van der Waals surface area (Å²) in [7, 11) is 1.66. The molecule has 0 saturated heterocycles. The minimum atomic E-state index is 0.221. The van der Waals surface area contributed by atoms with Crippen LogP contribution in [0.3, 0.4) is 0 Å². The van der Waals surface area contributed by atoms with E-state index in [0.717, 1.165) is 19.3 Å². The van der Waals surface area contributed by atoms with Gasteiger partial charge in [0, 0.05) is 12.5 Å². The molecular formula is C17H24O3. The van der Waals surface area contributed by atoms with Gasteiger partial charge in [-0.05, 0) is 36.8 Å². The number of hydrogen-bond acceptors (Lipinski definition) is 3. The second kappa shape index (κ2) is 8.08. The number of aliphatic hydroxyl groups is 1. The van der Waals surface area contributed by atoms with E-state index in [9.17, 15) is 0 Å². The number of hydrogen-bond donors (Lipinski definition) is 1. The molecule has 0 unspecified atom stereocenters. The zero-order valence-corrected chi connectivity index (χ0v) is 12.1. The van der Waals surface area contributed by atoms with Crippen LogP contribution in [0.2, 0.25) is 0 Å². The van der Waals surface area contributed by atoms with Crippen LogP contribution in [0.5, 0.6) is 0 Å². The first kappa shape index (κ1) is 15.1. The summed E-state index contributed by atoms with van der Waals surface area (Å²) >= 11 is 0. The molecule has 3 nitrogen and oxygen atoms in total. The maximum absolute atomic E-state index is 9.17. The van der Waals surface area contributed by atoms with Gasteiger partial charge in [0.1, 0.15) is 0 Å². The highest BCUT2D eigenvalue weighted by Gasteiger charge is 2.34. The number of aliphatic hydroxyl groups excluding tert-OH is 1. The molecule has 0 spiro atoms. The summed E-state index contributed by atoms with van der Waals surface area (Å²) in [6.45, 7) is 0.891. The van der Waals surface area contributed by atoms with Crippen LogP contribution in [-0.4, -0.2) is 24.9 Å². The predicted octanol–water partition coefficient (Wildman–Crippen LogP) is 3.14. The fourth-order valence-corrected chi connectivity index (χ4v) is 2.99. The number of methoxy groups -OCH3 is 1. The highest BCUT2D eigenvalue weighted by Crippen LogP contribution is 2.37. The Kier molecular flexibility index (Phi) is 6.09. The van der Waals surface area contributed by atoms with E-state index in [2.05, 4.69) is 18.2 Å². The highest BCUT2D eigenvalue weighted by molar-refractivity contribution is 5.13. The Morgan fingerprint density at radius 1 is 1.25 bits per heavy atom. The van der Waals surface area contributed by atoms with Gasteiger partial charge in [-0.3, -0.25) is 0 Å².